The molecule has 0 radical (unpaired) electrons. The number of anilines is 1. The van der Waals surface area contributed by atoms with E-state index in [9.17, 15) is 14.4 Å². The van der Waals surface area contributed by atoms with E-state index in [1.165, 1.54) is 19.1 Å². The summed E-state index contributed by atoms with van der Waals surface area (Å²) in [7, 11) is 0. The van der Waals surface area contributed by atoms with Crippen LogP contribution in [0.4, 0.5) is 5.69 Å². The highest BCUT2D eigenvalue weighted by Crippen LogP contribution is 2.30. The number of carbonyl (C=O) groups excluding carboxylic acids is 2. The van der Waals surface area contributed by atoms with Crippen molar-refractivity contribution in [1.29, 1.82) is 0 Å². The highest BCUT2D eigenvalue weighted by atomic mass is 16.2. The topological polar surface area (TPSA) is 95.0 Å². The maximum atomic E-state index is 13.1. The fourth-order valence-corrected chi connectivity index (χ4v) is 2.93. The zero-order valence-corrected chi connectivity index (χ0v) is 12.0. The summed E-state index contributed by atoms with van der Waals surface area (Å²) in [5, 5.41) is 0.0708. The van der Waals surface area contributed by atoms with Gasteiger partial charge in [0.05, 0.1) is 17.3 Å². The Kier molecular flexibility index (Phi) is 2.41. The lowest BCUT2D eigenvalue weighted by atomic mass is 9.81. The van der Waals surface area contributed by atoms with Gasteiger partial charge in [0.2, 0.25) is 0 Å². The fraction of sp³-hybridized carbons (Fsp3) is 0.375. The minimum atomic E-state index is -2.71. The predicted molar refractivity (Wildman–Crippen MR) is 82.7 cm³/mol. The Hall–Kier alpha value is -2.50. The van der Waals surface area contributed by atoms with E-state index in [1.807, 2.05) is 0 Å². The second-order valence-electron chi connectivity index (χ2n) is 5.73. The van der Waals surface area contributed by atoms with Crippen molar-refractivity contribution in [1.82, 2.24) is 9.55 Å². The second kappa shape index (κ2) is 4.76. The molecule has 0 spiro atoms. The van der Waals surface area contributed by atoms with E-state index in [4.69, 9.17) is 9.85 Å². The molecule has 6 heteroatoms. The van der Waals surface area contributed by atoms with Crippen LogP contribution in [0.2, 0.25) is 0 Å². The van der Waals surface area contributed by atoms with Crippen LogP contribution in [0.15, 0.2) is 23.0 Å². The van der Waals surface area contributed by atoms with Gasteiger partial charge >= 0.3 is 0 Å². The van der Waals surface area contributed by atoms with Gasteiger partial charge < -0.3 is 5.73 Å². The first-order chi connectivity index (χ1) is 11.6. The average Bonchev–Trinajstić information content (AvgIpc) is 2.50. The molecular formula is C16H17N3O3. The highest BCUT2D eigenvalue weighted by Gasteiger charge is 2.41. The number of aryl methyl sites for hydroxylation is 1. The Labute approximate surface area is 131 Å². The van der Waals surface area contributed by atoms with E-state index in [-0.39, 0.29) is 41.6 Å². The SMILES string of the molecule is [2H]C([2H])([2H])c1nc2cccc(N)c2c(=O)n1[C@@]1(C)CCC(=O)CC1=O. The van der Waals surface area contributed by atoms with E-state index < -0.39 is 29.6 Å². The molecule has 0 bridgehead atoms. The lowest BCUT2D eigenvalue weighted by Crippen LogP contribution is -2.49. The number of aromatic nitrogens is 2. The summed E-state index contributed by atoms with van der Waals surface area (Å²) in [4.78, 5) is 41.4. The summed E-state index contributed by atoms with van der Waals surface area (Å²) in [5.74, 6) is -1.19. The van der Waals surface area contributed by atoms with Gasteiger partial charge in [0.25, 0.3) is 5.56 Å². The van der Waals surface area contributed by atoms with E-state index in [1.54, 1.807) is 6.07 Å². The van der Waals surface area contributed by atoms with Crippen molar-refractivity contribution >= 4 is 28.2 Å². The lowest BCUT2D eigenvalue weighted by molar-refractivity contribution is -0.136. The molecule has 0 saturated heterocycles. The lowest BCUT2D eigenvalue weighted by Gasteiger charge is -2.34. The molecule has 1 heterocycles. The molecule has 1 saturated carbocycles. The van der Waals surface area contributed by atoms with Crippen molar-refractivity contribution < 1.29 is 13.7 Å². The van der Waals surface area contributed by atoms with Crippen LogP contribution in [0.5, 0.6) is 0 Å². The van der Waals surface area contributed by atoms with Crippen LogP contribution in [0.3, 0.4) is 0 Å². The Morgan fingerprint density at radius 1 is 1.36 bits per heavy atom. The van der Waals surface area contributed by atoms with Gasteiger partial charge in [-0.05, 0) is 32.3 Å². The van der Waals surface area contributed by atoms with Crippen LogP contribution in [0, 0.1) is 6.85 Å². The quantitative estimate of drug-likeness (QED) is 0.633. The molecule has 114 valence electrons. The summed E-state index contributed by atoms with van der Waals surface area (Å²) >= 11 is 0. The van der Waals surface area contributed by atoms with Crippen molar-refractivity contribution in [3.8, 4) is 0 Å². The Bertz CT molecular complexity index is 965. The first kappa shape index (κ1) is 11.1. The number of hydrogen-bond acceptors (Lipinski definition) is 5. The predicted octanol–water partition coefficient (Wildman–Crippen LogP) is 1.32. The van der Waals surface area contributed by atoms with Crippen LogP contribution in [-0.2, 0) is 15.1 Å². The van der Waals surface area contributed by atoms with Crippen LogP contribution in [-0.4, -0.2) is 21.1 Å². The molecule has 1 aliphatic carbocycles. The number of nitrogens with two attached hydrogens (primary N) is 1. The number of hydrogen-bond donors (Lipinski definition) is 1. The zero-order valence-electron chi connectivity index (χ0n) is 15.0. The molecule has 3 rings (SSSR count). The van der Waals surface area contributed by atoms with Gasteiger partial charge in [-0.1, -0.05) is 6.07 Å². The van der Waals surface area contributed by atoms with Crippen molar-refractivity contribution in [2.75, 3.05) is 5.73 Å². The first-order valence-electron chi connectivity index (χ1n) is 8.43. The van der Waals surface area contributed by atoms with Gasteiger partial charge in [0.15, 0.2) is 5.78 Å². The van der Waals surface area contributed by atoms with Crippen molar-refractivity contribution in [3.05, 3.63) is 34.4 Å². The average molecular weight is 302 g/mol. The number of carbonyl (C=O) groups is 2. The molecule has 2 N–H and O–H groups in total. The fourth-order valence-electron chi connectivity index (χ4n) is 2.93. The molecule has 0 amide bonds. The second-order valence-corrected chi connectivity index (χ2v) is 5.73. The third kappa shape index (κ3) is 1.94. The minimum Gasteiger partial charge on any atom is -0.398 e. The summed E-state index contributed by atoms with van der Waals surface area (Å²) in [6.07, 6.45) is -0.184. The molecule has 1 fully saturated rings. The Balaban J connectivity index is 2.42. The molecule has 6 nitrogen and oxygen atoms in total. The molecule has 0 unspecified atom stereocenters. The van der Waals surface area contributed by atoms with Gasteiger partial charge in [-0.15, -0.1) is 0 Å². The molecule has 1 aromatic heterocycles. The van der Waals surface area contributed by atoms with Crippen LogP contribution in [0.25, 0.3) is 10.9 Å². The van der Waals surface area contributed by atoms with E-state index in [0.717, 1.165) is 4.57 Å². The standard InChI is InChI=1S/C16H17N3O3/c1-9-18-12-5-3-4-11(17)14(12)15(22)19(9)16(2)7-6-10(20)8-13(16)21/h3-5H,6-8,17H2,1-2H3/t16-/m0/s1/i1D3. The van der Waals surface area contributed by atoms with Crippen LogP contribution >= 0.6 is 0 Å². The van der Waals surface area contributed by atoms with Gasteiger partial charge in [0, 0.05) is 16.2 Å². The van der Waals surface area contributed by atoms with E-state index in [2.05, 4.69) is 4.98 Å². The largest absolute Gasteiger partial charge is 0.398 e. The normalized spacial score (nSPS) is 24.9. The van der Waals surface area contributed by atoms with E-state index >= 15 is 0 Å². The number of nitrogens with zero attached hydrogens (tertiary/aromatic N) is 2. The summed E-state index contributed by atoms with van der Waals surface area (Å²) in [5.41, 5.74) is 4.07. The third-order valence-electron chi connectivity index (χ3n) is 4.27. The first-order valence-corrected chi connectivity index (χ1v) is 6.93. The Morgan fingerprint density at radius 3 is 2.82 bits per heavy atom. The highest BCUT2D eigenvalue weighted by molar-refractivity contribution is 6.05. The van der Waals surface area contributed by atoms with Gasteiger partial charge in [-0.3, -0.25) is 19.0 Å². The summed E-state index contributed by atoms with van der Waals surface area (Å²) in [6.45, 7) is -1.23. The maximum absolute atomic E-state index is 13.1. The Morgan fingerprint density at radius 2 is 2.14 bits per heavy atom. The molecule has 1 aliphatic rings. The molecule has 22 heavy (non-hydrogen) atoms. The summed E-state index contributed by atoms with van der Waals surface area (Å²) in [6, 6.07) is 4.59. The minimum absolute atomic E-state index is 0.0492. The van der Waals surface area contributed by atoms with Crippen LogP contribution in [0.1, 0.15) is 36.1 Å². The smallest absolute Gasteiger partial charge is 0.264 e. The monoisotopic (exact) mass is 302 g/mol. The third-order valence-corrected chi connectivity index (χ3v) is 4.27. The molecule has 2 aromatic rings. The molecular weight excluding hydrogens is 282 g/mol. The molecule has 1 aromatic carbocycles. The number of Topliss-reactive ketones (excluding diaryl/α,β-unsaturated/α-hetero) is 2. The number of benzene rings is 1. The van der Waals surface area contributed by atoms with Crippen molar-refractivity contribution in [2.24, 2.45) is 0 Å². The zero-order chi connectivity index (χ0) is 18.6. The number of rotatable bonds is 1. The van der Waals surface area contributed by atoms with Crippen molar-refractivity contribution in [3.63, 3.8) is 0 Å². The molecule has 1 atom stereocenters. The van der Waals surface area contributed by atoms with Gasteiger partial charge in [-0.2, -0.15) is 0 Å². The summed E-state index contributed by atoms with van der Waals surface area (Å²) < 4.78 is 24.2. The van der Waals surface area contributed by atoms with Crippen molar-refractivity contribution in [2.45, 2.75) is 38.6 Å². The van der Waals surface area contributed by atoms with Gasteiger partial charge in [0.1, 0.15) is 17.1 Å². The van der Waals surface area contributed by atoms with Crippen LogP contribution < -0.4 is 11.3 Å². The number of fused-ring (bicyclic) bond motifs is 1. The molecule has 0 aliphatic heterocycles. The van der Waals surface area contributed by atoms with Gasteiger partial charge in [-0.25, -0.2) is 4.98 Å². The maximum Gasteiger partial charge on any atom is 0.264 e. The van der Waals surface area contributed by atoms with E-state index in [0.29, 0.717) is 0 Å². The number of nitrogen functional groups attached to an aromatic ring is 1. The number of ketones is 2.